The molecule has 0 fully saturated rings. The summed E-state index contributed by atoms with van der Waals surface area (Å²) in [6, 6.07) is 25.6. The van der Waals surface area contributed by atoms with Crippen LogP contribution in [0.1, 0.15) is 0 Å². The molecule has 0 amide bonds. The topological polar surface area (TPSA) is 12.9 Å². The molecule has 0 aliphatic heterocycles. The van der Waals surface area contributed by atoms with Crippen LogP contribution in [0.2, 0.25) is 5.02 Å². The van der Waals surface area contributed by atoms with Crippen LogP contribution in [0.4, 0.5) is 0 Å². The number of benzene rings is 2. The molecule has 0 spiro atoms. The molecule has 109 valence electrons. The molecule has 0 saturated heterocycles. The first-order valence-electron chi connectivity index (χ1n) is 6.07. The zero-order chi connectivity index (χ0) is 15.1. The van der Waals surface area contributed by atoms with Crippen molar-refractivity contribution in [2.45, 2.75) is 0 Å². The molecule has 0 atom stereocenters. The fourth-order valence-corrected chi connectivity index (χ4v) is 2.05. The number of hydrogen-bond acceptors (Lipinski definition) is 1. The van der Waals surface area contributed by atoms with Crippen molar-refractivity contribution in [1.29, 1.82) is 0 Å². The van der Waals surface area contributed by atoms with E-state index in [1.54, 1.807) is 6.07 Å². The quantitative estimate of drug-likeness (QED) is 0.444. The van der Waals surface area contributed by atoms with Gasteiger partial charge in [0.15, 0.2) is 0 Å². The van der Waals surface area contributed by atoms with Crippen molar-refractivity contribution < 1.29 is 14.6 Å². The maximum absolute atomic E-state index is 5.96. The number of rotatable bonds is 2. The number of pyridine rings is 1. The van der Waals surface area contributed by atoms with Crippen molar-refractivity contribution in [2.75, 3.05) is 0 Å². The molecule has 1 aromatic heterocycles. The Morgan fingerprint density at radius 1 is 0.810 bits per heavy atom. The zero-order valence-corrected chi connectivity index (χ0v) is 13.3. The summed E-state index contributed by atoms with van der Waals surface area (Å²) >= 11 is 9.31. The van der Waals surface area contributed by atoms with Crippen LogP contribution in [0.3, 0.4) is 0 Å². The van der Waals surface area contributed by atoms with Crippen LogP contribution in [0, 0.1) is 12.1 Å². The minimum absolute atomic E-state index is 0.593. The number of hydrogen-bond donors (Lipinski definition) is 0. The van der Waals surface area contributed by atoms with Crippen LogP contribution < -0.4 is 0 Å². The van der Waals surface area contributed by atoms with Crippen molar-refractivity contribution >= 4 is 21.8 Å². The Morgan fingerprint density at radius 2 is 1.48 bits per heavy atom. The molecule has 0 N–H and O–H groups in total. The molecule has 0 unspecified atom stereocenters. The average molecular weight is 358 g/mol. The van der Waals surface area contributed by atoms with Crippen molar-refractivity contribution in [3.63, 3.8) is 0 Å². The van der Waals surface area contributed by atoms with Gasteiger partial charge in [-0.3, -0.25) is 0 Å². The third-order valence-corrected chi connectivity index (χ3v) is 2.99. The SMILES string of the molecule is Clc1[c-]c(-c2cccc(-c3[c-]cccc3)n2)ccc1.[Cl][Ni]. The molecule has 3 rings (SSSR count). The van der Waals surface area contributed by atoms with Gasteiger partial charge >= 0.3 is 24.8 Å². The second-order valence-corrected chi connectivity index (χ2v) is 4.50. The number of halogens is 2. The second-order valence-electron chi connectivity index (χ2n) is 4.10. The van der Waals surface area contributed by atoms with Crippen molar-refractivity contribution in [3.05, 3.63) is 77.8 Å². The summed E-state index contributed by atoms with van der Waals surface area (Å²) < 4.78 is 0. The molecule has 21 heavy (non-hydrogen) atoms. The molecular weight excluding hydrogens is 348 g/mol. The first-order chi connectivity index (χ1) is 10.3. The van der Waals surface area contributed by atoms with Gasteiger partial charge in [-0.2, -0.15) is 0 Å². The molecule has 1 heterocycles. The molecule has 1 nitrogen and oxygen atoms in total. The van der Waals surface area contributed by atoms with E-state index in [0.29, 0.717) is 5.02 Å². The van der Waals surface area contributed by atoms with Crippen LogP contribution in [0.15, 0.2) is 60.7 Å². The summed E-state index contributed by atoms with van der Waals surface area (Å²) in [5, 5.41) is 0.593. The van der Waals surface area contributed by atoms with Crippen LogP contribution >= 0.6 is 21.8 Å². The van der Waals surface area contributed by atoms with Gasteiger partial charge in [0, 0.05) is 0 Å². The van der Waals surface area contributed by atoms with E-state index in [0.717, 1.165) is 22.5 Å². The molecule has 0 aliphatic rings. The summed E-state index contributed by atoms with van der Waals surface area (Å²) in [5.41, 5.74) is 3.63. The maximum atomic E-state index is 5.96. The van der Waals surface area contributed by atoms with Gasteiger partial charge in [0.1, 0.15) is 0 Å². The standard InChI is InChI=1S/C17H10ClN.ClH.Ni/c18-15-9-4-8-14(12-15)17-11-5-10-16(19-17)13-6-2-1-3-7-13;;/h1-6,8-11H;1H;/q-2;;+1/p-1. The van der Waals surface area contributed by atoms with Gasteiger partial charge in [0.05, 0.1) is 0 Å². The summed E-state index contributed by atoms with van der Waals surface area (Å²) in [6.07, 6.45) is 0. The second kappa shape index (κ2) is 8.19. The van der Waals surface area contributed by atoms with Crippen molar-refractivity contribution in [1.82, 2.24) is 4.98 Å². The molecule has 4 heteroatoms. The fraction of sp³-hybridized carbons (Fsp3) is 0. The van der Waals surface area contributed by atoms with Gasteiger partial charge in [0.2, 0.25) is 0 Å². The molecule has 3 aromatic rings. The van der Waals surface area contributed by atoms with E-state index in [1.165, 1.54) is 0 Å². The Morgan fingerprint density at radius 3 is 2.14 bits per heavy atom. The Hall–Kier alpha value is -1.34. The summed E-state index contributed by atoms with van der Waals surface area (Å²) in [4.78, 5) is 4.63. The third-order valence-electron chi connectivity index (χ3n) is 2.77. The Labute approximate surface area is 141 Å². The average Bonchev–Trinajstić information content (AvgIpc) is 2.58. The fourth-order valence-electron chi connectivity index (χ4n) is 1.88. The van der Waals surface area contributed by atoms with E-state index in [9.17, 15) is 0 Å². The van der Waals surface area contributed by atoms with E-state index in [2.05, 4.69) is 41.9 Å². The predicted octanol–water partition coefficient (Wildman–Crippen LogP) is 5.36. The van der Waals surface area contributed by atoms with Gasteiger partial charge in [-0.15, -0.1) is 77.3 Å². The number of nitrogens with zero attached hydrogens (tertiary/aromatic N) is 1. The van der Waals surface area contributed by atoms with Gasteiger partial charge in [-0.25, -0.2) is 0 Å². The Kier molecular flexibility index (Phi) is 6.26. The van der Waals surface area contributed by atoms with Gasteiger partial charge in [-0.05, 0) is 16.4 Å². The van der Waals surface area contributed by atoms with E-state index in [-0.39, 0.29) is 0 Å². The first kappa shape index (κ1) is 16.0. The zero-order valence-electron chi connectivity index (χ0n) is 10.8. The third kappa shape index (κ3) is 4.31. The first-order valence-corrected chi connectivity index (χ1v) is 7.81. The van der Waals surface area contributed by atoms with Crippen molar-refractivity contribution in [3.8, 4) is 22.5 Å². The van der Waals surface area contributed by atoms with Crippen molar-refractivity contribution in [2.24, 2.45) is 0 Å². The number of aromatic nitrogens is 1. The van der Waals surface area contributed by atoms with E-state index in [1.807, 2.05) is 54.6 Å². The molecular formula is C17H10Cl2NNi-2. The molecule has 0 aliphatic carbocycles. The Balaban J connectivity index is 0.000000774. The molecule has 0 radical (unpaired) electrons. The van der Waals surface area contributed by atoms with Crippen LogP contribution in [-0.2, 0) is 14.6 Å². The summed E-state index contributed by atoms with van der Waals surface area (Å²) in [7, 11) is 4.26. The van der Waals surface area contributed by atoms with E-state index < -0.39 is 0 Å². The summed E-state index contributed by atoms with van der Waals surface area (Å²) in [6.45, 7) is 0. The monoisotopic (exact) mass is 356 g/mol. The van der Waals surface area contributed by atoms with Crippen LogP contribution in [0.5, 0.6) is 0 Å². The van der Waals surface area contributed by atoms with Gasteiger partial charge < -0.3 is 4.98 Å². The minimum atomic E-state index is 0.593. The molecule has 2 aromatic carbocycles. The normalized spacial score (nSPS) is 9.71. The van der Waals surface area contributed by atoms with E-state index >= 15 is 0 Å². The van der Waals surface area contributed by atoms with Crippen LogP contribution in [-0.4, -0.2) is 4.98 Å². The summed E-state index contributed by atoms with van der Waals surface area (Å²) in [5.74, 6) is 0. The predicted molar refractivity (Wildman–Crippen MR) is 83.6 cm³/mol. The van der Waals surface area contributed by atoms with Gasteiger partial charge in [0.25, 0.3) is 0 Å². The molecule has 0 bridgehead atoms. The molecule has 0 saturated carbocycles. The Bertz CT molecular complexity index is 702. The van der Waals surface area contributed by atoms with Gasteiger partial charge in [-0.1, -0.05) is 18.2 Å². The van der Waals surface area contributed by atoms with E-state index in [4.69, 9.17) is 11.6 Å². The van der Waals surface area contributed by atoms with Crippen LogP contribution in [0.25, 0.3) is 22.5 Å².